The molecule has 1 N–H and O–H groups in total. The topological polar surface area (TPSA) is 51.2 Å². The van der Waals surface area contributed by atoms with E-state index in [1.807, 2.05) is 27.7 Å². The Hall–Kier alpha value is -1.55. The van der Waals surface area contributed by atoms with Crippen LogP contribution in [0.2, 0.25) is 0 Å². The molecule has 4 nitrogen and oxygen atoms in total. The monoisotopic (exact) mass is 248 g/mol. The molecule has 4 heteroatoms. The van der Waals surface area contributed by atoms with E-state index in [9.17, 15) is 0 Å². The van der Waals surface area contributed by atoms with Gasteiger partial charge in [-0.05, 0) is 34.2 Å². The van der Waals surface area contributed by atoms with Gasteiger partial charge in [0.25, 0.3) is 0 Å². The summed E-state index contributed by atoms with van der Waals surface area (Å²) in [6.45, 7) is 10.9. The molecule has 0 aliphatic carbocycles. The highest BCUT2D eigenvalue weighted by atomic mass is 16.4. The van der Waals surface area contributed by atoms with Crippen molar-refractivity contribution in [3.8, 4) is 11.3 Å². The fourth-order valence-corrected chi connectivity index (χ4v) is 2.15. The molecule has 0 spiro atoms. The lowest BCUT2D eigenvalue weighted by atomic mass is 10.1. The summed E-state index contributed by atoms with van der Waals surface area (Å²) in [6, 6.07) is 0.123. The Morgan fingerprint density at radius 3 is 2.50 bits per heavy atom. The largest absolute Gasteiger partial charge is 0.466 e. The summed E-state index contributed by atoms with van der Waals surface area (Å²) in [4.78, 5) is 4.33. The van der Waals surface area contributed by atoms with Crippen molar-refractivity contribution in [3.05, 3.63) is 29.2 Å². The number of hydrogen-bond donors (Lipinski definition) is 1. The lowest BCUT2D eigenvalue weighted by Gasteiger charge is -2.06. The molecule has 0 aromatic carbocycles. The van der Waals surface area contributed by atoms with Crippen LogP contribution < -0.4 is 5.32 Å². The van der Waals surface area contributed by atoms with Gasteiger partial charge in [-0.3, -0.25) is 0 Å². The van der Waals surface area contributed by atoms with Crippen LogP contribution in [0.5, 0.6) is 0 Å². The summed E-state index contributed by atoms with van der Waals surface area (Å²) in [5, 5.41) is 3.28. The molecule has 1 unspecified atom stereocenters. The van der Waals surface area contributed by atoms with E-state index in [1.54, 1.807) is 6.20 Å². The molecule has 0 bridgehead atoms. The number of oxazole rings is 1. The van der Waals surface area contributed by atoms with Crippen LogP contribution in [0.4, 0.5) is 0 Å². The first kappa shape index (κ1) is 12.9. The summed E-state index contributed by atoms with van der Waals surface area (Å²) in [6.07, 6.45) is 1.77. The van der Waals surface area contributed by atoms with Crippen LogP contribution >= 0.6 is 0 Å². The Morgan fingerprint density at radius 1 is 1.22 bits per heavy atom. The van der Waals surface area contributed by atoms with Crippen molar-refractivity contribution in [1.82, 2.24) is 10.3 Å². The molecule has 2 aromatic rings. The van der Waals surface area contributed by atoms with Crippen LogP contribution in [0.25, 0.3) is 11.3 Å². The lowest BCUT2D eigenvalue weighted by Crippen LogP contribution is -2.17. The molecule has 0 aliphatic heterocycles. The Kier molecular flexibility index (Phi) is 3.57. The van der Waals surface area contributed by atoms with Crippen molar-refractivity contribution in [2.75, 3.05) is 6.54 Å². The summed E-state index contributed by atoms with van der Waals surface area (Å²) in [5.74, 6) is 3.30. The molecule has 2 rings (SSSR count). The van der Waals surface area contributed by atoms with Crippen LogP contribution in [-0.4, -0.2) is 11.5 Å². The summed E-state index contributed by atoms with van der Waals surface area (Å²) in [5.41, 5.74) is 2.14. The Labute approximate surface area is 107 Å². The lowest BCUT2D eigenvalue weighted by molar-refractivity contribution is 0.428. The van der Waals surface area contributed by atoms with E-state index in [2.05, 4.69) is 17.2 Å². The van der Waals surface area contributed by atoms with Gasteiger partial charge in [-0.2, -0.15) is 0 Å². The predicted molar refractivity (Wildman–Crippen MR) is 70.5 cm³/mol. The molecular formula is C14H20N2O2. The standard InChI is InChI=1S/C14H20N2O2/c1-6-15-9(3)14-16-7-12(18-14)13-8(2)10(4)17-11(13)5/h7,9,15H,6H2,1-5H3. The summed E-state index contributed by atoms with van der Waals surface area (Å²) in [7, 11) is 0. The van der Waals surface area contributed by atoms with Gasteiger partial charge in [-0.25, -0.2) is 4.98 Å². The van der Waals surface area contributed by atoms with E-state index in [0.717, 1.165) is 35.0 Å². The number of aromatic nitrogens is 1. The number of hydrogen-bond acceptors (Lipinski definition) is 4. The van der Waals surface area contributed by atoms with Gasteiger partial charge in [0.2, 0.25) is 5.89 Å². The van der Waals surface area contributed by atoms with E-state index in [-0.39, 0.29) is 6.04 Å². The summed E-state index contributed by atoms with van der Waals surface area (Å²) < 4.78 is 11.4. The van der Waals surface area contributed by atoms with Crippen LogP contribution in [0, 0.1) is 20.8 Å². The third-order valence-corrected chi connectivity index (χ3v) is 3.21. The van der Waals surface area contributed by atoms with Crippen molar-refractivity contribution in [2.24, 2.45) is 0 Å². The SMILES string of the molecule is CCNC(C)c1ncc(-c2c(C)oc(C)c2C)o1. The van der Waals surface area contributed by atoms with E-state index >= 15 is 0 Å². The highest BCUT2D eigenvalue weighted by molar-refractivity contribution is 5.64. The van der Waals surface area contributed by atoms with Crippen LogP contribution in [0.15, 0.2) is 15.0 Å². The van der Waals surface area contributed by atoms with Gasteiger partial charge in [0.15, 0.2) is 5.76 Å². The molecule has 1 atom stereocenters. The van der Waals surface area contributed by atoms with Crippen LogP contribution in [0.1, 0.15) is 42.9 Å². The first-order chi connectivity index (χ1) is 8.54. The van der Waals surface area contributed by atoms with Gasteiger partial charge < -0.3 is 14.2 Å². The fourth-order valence-electron chi connectivity index (χ4n) is 2.15. The van der Waals surface area contributed by atoms with Gasteiger partial charge >= 0.3 is 0 Å². The molecule has 0 fully saturated rings. The van der Waals surface area contributed by atoms with Crippen LogP contribution in [-0.2, 0) is 0 Å². The molecule has 18 heavy (non-hydrogen) atoms. The maximum absolute atomic E-state index is 5.83. The van der Waals surface area contributed by atoms with Crippen molar-refractivity contribution in [1.29, 1.82) is 0 Å². The fraction of sp³-hybridized carbons (Fsp3) is 0.500. The van der Waals surface area contributed by atoms with Gasteiger partial charge in [-0.1, -0.05) is 6.92 Å². The van der Waals surface area contributed by atoms with Crippen molar-refractivity contribution >= 4 is 0 Å². The minimum absolute atomic E-state index is 0.123. The average Bonchev–Trinajstić information content (AvgIpc) is 2.86. The second-order valence-corrected chi connectivity index (χ2v) is 4.56. The number of aryl methyl sites for hydroxylation is 2. The minimum atomic E-state index is 0.123. The maximum Gasteiger partial charge on any atom is 0.211 e. The molecule has 0 radical (unpaired) electrons. The van der Waals surface area contributed by atoms with Crippen molar-refractivity contribution in [2.45, 2.75) is 40.7 Å². The van der Waals surface area contributed by atoms with Gasteiger partial charge in [0, 0.05) is 5.56 Å². The van der Waals surface area contributed by atoms with Gasteiger partial charge in [0.1, 0.15) is 11.5 Å². The quantitative estimate of drug-likeness (QED) is 0.899. The van der Waals surface area contributed by atoms with E-state index in [1.165, 1.54) is 0 Å². The Morgan fingerprint density at radius 2 is 1.94 bits per heavy atom. The number of nitrogens with one attached hydrogen (secondary N) is 1. The number of rotatable bonds is 4. The molecule has 2 aromatic heterocycles. The van der Waals surface area contributed by atoms with E-state index in [4.69, 9.17) is 8.83 Å². The zero-order valence-corrected chi connectivity index (χ0v) is 11.6. The van der Waals surface area contributed by atoms with Crippen molar-refractivity contribution in [3.63, 3.8) is 0 Å². The minimum Gasteiger partial charge on any atom is -0.466 e. The first-order valence-electron chi connectivity index (χ1n) is 6.30. The smallest absolute Gasteiger partial charge is 0.211 e. The van der Waals surface area contributed by atoms with Gasteiger partial charge in [-0.15, -0.1) is 0 Å². The number of furan rings is 1. The molecule has 0 saturated heterocycles. The second-order valence-electron chi connectivity index (χ2n) is 4.56. The average molecular weight is 248 g/mol. The highest BCUT2D eigenvalue weighted by Gasteiger charge is 2.18. The zero-order valence-electron chi connectivity index (χ0n) is 11.6. The molecular weight excluding hydrogens is 228 g/mol. The van der Waals surface area contributed by atoms with Crippen molar-refractivity contribution < 1.29 is 8.83 Å². The third kappa shape index (κ3) is 2.20. The Bertz CT molecular complexity index is 540. The zero-order chi connectivity index (χ0) is 13.3. The van der Waals surface area contributed by atoms with E-state index in [0.29, 0.717) is 5.89 Å². The van der Waals surface area contributed by atoms with E-state index < -0.39 is 0 Å². The first-order valence-corrected chi connectivity index (χ1v) is 6.30. The van der Waals surface area contributed by atoms with Crippen LogP contribution in [0.3, 0.4) is 0 Å². The molecule has 0 aliphatic rings. The predicted octanol–water partition coefficient (Wildman–Crippen LogP) is 3.53. The molecule has 0 saturated carbocycles. The second kappa shape index (κ2) is 4.98. The highest BCUT2D eigenvalue weighted by Crippen LogP contribution is 2.32. The molecule has 98 valence electrons. The summed E-state index contributed by atoms with van der Waals surface area (Å²) >= 11 is 0. The normalized spacial score (nSPS) is 12.9. The maximum atomic E-state index is 5.83. The molecule has 2 heterocycles. The third-order valence-electron chi connectivity index (χ3n) is 3.21. The molecule has 0 amide bonds. The van der Waals surface area contributed by atoms with Gasteiger partial charge in [0.05, 0.1) is 17.8 Å². The number of nitrogens with zero attached hydrogens (tertiary/aromatic N) is 1. The Balaban J connectivity index is 2.35.